The van der Waals surface area contributed by atoms with Crippen molar-refractivity contribution in [2.24, 2.45) is 5.41 Å². The molecule has 0 radical (unpaired) electrons. The van der Waals surface area contributed by atoms with Crippen LogP contribution >= 0.6 is 0 Å². The van der Waals surface area contributed by atoms with Crippen molar-refractivity contribution in [1.29, 1.82) is 0 Å². The summed E-state index contributed by atoms with van der Waals surface area (Å²) in [5.41, 5.74) is 0.721. The van der Waals surface area contributed by atoms with E-state index >= 15 is 0 Å². The maximum absolute atomic E-state index is 11.8. The molecule has 0 saturated carbocycles. The second kappa shape index (κ2) is 8.22. The van der Waals surface area contributed by atoms with Crippen LogP contribution in [0.2, 0.25) is 0 Å². The molecule has 0 atom stereocenters. The fraction of sp³-hybridized carbons (Fsp3) is 0.412. The van der Waals surface area contributed by atoms with Gasteiger partial charge in [-0.15, -0.1) is 0 Å². The summed E-state index contributed by atoms with van der Waals surface area (Å²) in [5.74, 6) is -0.599. The zero-order valence-electron chi connectivity index (χ0n) is 13.5. The van der Waals surface area contributed by atoms with Gasteiger partial charge in [-0.2, -0.15) is 0 Å². The zero-order valence-corrected chi connectivity index (χ0v) is 13.5. The number of carbonyl (C=O) groups excluding carboxylic acids is 2. The number of hydrogen-bond acceptors (Lipinski definition) is 4. The van der Waals surface area contributed by atoms with E-state index < -0.39 is 12.1 Å². The van der Waals surface area contributed by atoms with Gasteiger partial charge in [0.2, 0.25) is 0 Å². The van der Waals surface area contributed by atoms with E-state index in [0.717, 1.165) is 12.0 Å². The third kappa shape index (κ3) is 5.99. The van der Waals surface area contributed by atoms with Gasteiger partial charge in [-0.3, -0.25) is 5.32 Å². The van der Waals surface area contributed by atoms with Crippen LogP contribution in [-0.4, -0.2) is 19.2 Å². The van der Waals surface area contributed by atoms with Crippen molar-refractivity contribution >= 4 is 12.1 Å². The van der Waals surface area contributed by atoms with Gasteiger partial charge in [0.15, 0.2) is 0 Å². The number of allylic oxidation sites excluding steroid dienone is 1. The topological polar surface area (TPSA) is 64.6 Å². The normalized spacial score (nSPS) is 11.7. The lowest BCUT2D eigenvalue weighted by atomic mass is 9.89. The molecule has 0 unspecified atom stereocenters. The van der Waals surface area contributed by atoms with Gasteiger partial charge < -0.3 is 9.47 Å². The molecule has 0 aliphatic carbocycles. The van der Waals surface area contributed by atoms with Crippen LogP contribution in [0.25, 0.3) is 0 Å². The van der Waals surface area contributed by atoms with E-state index in [2.05, 4.69) is 10.1 Å². The molecule has 1 aromatic carbocycles. The van der Waals surface area contributed by atoms with Crippen molar-refractivity contribution in [3.63, 3.8) is 0 Å². The minimum atomic E-state index is -0.688. The first-order valence-electron chi connectivity index (χ1n) is 7.17. The first-order chi connectivity index (χ1) is 10.4. The minimum absolute atomic E-state index is 0.0902. The largest absolute Gasteiger partial charge is 0.464 e. The monoisotopic (exact) mass is 305 g/mol. The highest BCUT2D eigenvalue weighted by Gasteiger charge is 2.20. The van der Waals surface area contributed by atoms with Gasteiger partial charge in [0.1, 0.15) is 12.3 Å². The highest BCUT2D eigenvalue weighted by molar-refractivity contribution is 5.92. The molecule has 1 aromatic rings. The Balaban J connectivity index is 2.69. The van der Waals surface area contributed by atoms with E-state index in [-0.39, 0.29) is 17.7 Å². The number of amides is 1. The van der Waals surface area contributed by atoms with E-state index in [1.807, 2.05) is 51.1 Å². The lowest BCUT2D eigenvalue weighted by Crippen LogP contribution is -2.30. The van der Waals surface area contributed by atoms with Crippen LogP contribution in [0.1, 0.15) is 32.8 Å². The van der Waals surface area contributed by atoms with Gasteiger partial charge in [0.25, 0.3) is 0 Å². The Morgan fingerprint density at radius 1 is 1.23 bits per heavy atom. The summed E-state index contributed by atoms with van der Waals surface area (Å²) in [4.78, 5) is 23.6. The quantitative estimate of drug-likeness (QED) is 0.646. The molecule has 1 N–H and O–H groups in total. The van der Waals surface area contributed by atoms with Gasteiger partial charge in [-0.1, -0.05) is 51.1 Å². The van der Waals surface area contributed by atoms with Gasteiger partial charge in [-0.05, 0) is 23.5 Å². The van der Waals surface area contributed by atoms with Crippen LogP contribution in [0.15, 0.2) is 42.1 Å². The van der Waals surface area contributed by atoms with Crippen LogP contribution in [0, 0.1) is 5.41 Å². The van der Waals surface area contributed by atoms with Gasteiger partial charge in [0.05, 0.1) is 7.11 Å². The van der Waals surface area contributed by atoms with Crippen LogP contribution in [0.3, 0.4) is 0 Å². The van der Waals surface area contributed by atoms with Crippen molar-refractivity contribution in [1.82, 2.24) is 5.32 Å². The number of esters is 1. The molecule has 0 spiro atoms. The van der Waals surface area contributed by atoms with Crippen molar-refractivity contribution in [3.8, 4) is 0 Å². The molecule has 5 nitrogen and oxygen atoms in total. The molecular formula is C17H23NO4. The molecule has 0 aliphatic rings. The average molecular weight is 305 g/mol. The lowest BCUT2D eigenvalue weighted by molar-refractivity contribution is -0.136. The molecular weight excluding hydrogens is 282 g/mol. The number of nitrogens with one attached hydrogen (secondary N) is 1. The summed E-state index contributed by atoms with van der Waals surface area (Å²) in [5, 5.41) is 2.45. The highest BCUT2D eigenvalue weighted by atomic mass is 16.6. The maximum Gasteiger partial charge on any atom is 0.412 e. The van der Waals surface area contributed by atoms with Crippen molar-refractivity contribution in [2.45, 2.75) is 33.8 Å². The Morgan fingerprint density at radius 3 is 2.41 bits per heavy atom. The summed E-state index contributed by atoms with van der Waals surface area (Å²) in [6, 6.07) is 9.31. The number of rotatable bonds is 6. The average Bonchev–Trinajstić information content (AvgIpc) is 2.52. The molecule has 0 heterocycles. The fourth-order valence-electron chi connectivity index (χ4n) is 1.62. The molecule has 22 heavy (non-hydrogen) atoms. The van der Waals surface area contributed by atoms with Crippen LogP contribution < -0.4 is 5.32 Å². The summed E-state index contributed by atoms with van der Waals surface area (Å²) in [6.07, 6.45) is 1.81. The maximum atomic E-state index is 11.8. The van der Waals surface area contributed by atoms with Gasteiger partial charge in [0, 0.05) is 0 Å². The Labute approximate surface area is 131 Å². The summed E-state index contributed by atoms with van der Waals surface area (Å²) >= 11 is 0. The first-order valence-corrected chi connectivity index (χ1v) is 7.17. The van der Waals surface area contributed by atoms with E-state index in [4.69, 9.17) is 4.74 Å². The second-order valence-electron chi connectivity index (χ2n) is 5.58. The van der Waals surface area contributed by atoms with Crippen LogP contribution in [0.5, 0.6) is 0 Å². The molecule has 5 heteroatoms. The Morgan fingerprint density at radius 2 is 1.86 bits per heavy atom. The zero-order chi connectivity index (χ0) is 16.6. The molecule has 0 bridgehead atoms. The third-order valence-corrected chi connectivity index (χ3v) is 3.30. The number of ether oxygens (including phenoxy) is 2. The van der Waals surface area contributed by atoms with Crippen molar-refractivity contribution in [2.75, 3.05) is 7.11 Å². The molecule has 1 rings (SSSR count). The van der Waals surface area contributed by atoms with E-state index in [1.54, 1.807) is 6.08 Å². The number of hydrogen-bond donors (Lipinski definition) is 1. The molecule has 0 aromatic heterocycles. The predicted molar refractivity (Wildman–Crippen MR) is 83.9 cm³/mol. The van der Waals surface area contributed by atoms with Crippen molar-refractivity contribution < 1.29 is 19.1 Å². The molecule has 120 valence electrons. The van der Waals surface area contributed by atoms with E-state index in [1.165, 1.54) is 7.11 Å². The first kappa shape index (κ1) is 17.8. The van der Waals surface area contributed by atoms with E-state index in [0.29, 0.717) is 0 Å². The van der Waals surface area contributed by atoms with Crippen LogP contribution in [-0.2, 0) is 20.9 Å². The Bertz CT molecular complexity index is 535. The standard InChI is InChI=1S/C17H23NO4/c1-5-17(2,3)11-14(15(19)21-4)18-16(20)22-12-13-9-7-6-8-10-13/h6-11H,5,12H2,1-4H3,(H,18,20)/b14-11-. The lowest BCUT2D eigenvalue weighted by Gasteiger charge is -2.19. The predicted octanol–water partition coefficient (Wildman–Crippen LogP) is 3.41. The van der Waals surface area contributed by atoms with Crippen molar-refractivity contribution in [3.05, 3.63) is 47.7 Å². The molecule has 0 fully saturated rings. The number of benzene rings is 1. The summed E-state index contributed by atoms with van der Waals surface area (Å²) < 4.78 is 9.79. The fourth-order valence-corrected chi connectivity index (χ4v) is 1.62. The molecule has 0 aliphatic heterocycles. The summed E-state index contributed by atoms with van der Waals surface area (Å²) in [6.45, 7) is 6.07. The third-order valence-electron chi connectivity index (χ3n) is 3.30. The molecule has 0 saturated heterocycles. The van der Waals surface area contributed by atoms with E-state index in [9.17, 15) is 9.59 Å². The number of alkyl carbamates (subject to hydrolysis) is 1. The Kier molecular flexibility index (Phi) is 6.63. The number of methoxy groups -OCH3 is 1. The SMILES string of the molecule is CCC(C)(C)/C=C(\NC(=O)OCc1ccccc1)C(=O)OC. The highest BCUT2D eigenvalue weighted by Crippen LogP contribution is 2.23. The second-order valence-corrected chi connectivity index (χ2v) is 5.58. The number of carbonyl (C=O) groups is 2. The smallest absolute Gasteiger partial charge is 0.412 e. The van der Waals surface area contributed by atoms with Gasteiger partial charge in [-0.25, -0.2) is 9.59 Å². The van der Waals surface area contributed by atoms with Gasteiger partial charge >= 0.3 is 12.1 Å². The van der Waals surface area contributed by atoms with Crippen LogP contribution in [0.4, 0.5) is 4.79 Å². The minimum Gasteiger partial charge on any atom is -0.464 e. The Hall–Kier alpha value is -2.30. The molecule has 1 amide bonds. The summed E-state index contributed by atoms with van der Waals surface area (Å²) in [7, 11) is 1.27.